The predicted octanol–water partition coefficient (Wildman–Crippen LogP) is 7.50. The van der Waals surface area contributed by atoms with Gasteiger partial charge in [0.1, 0.15) is 6.10 Å². The van der Waals surface area contributed by atoms with Crippen LogP contribution in [0.1, 0.15) is 150 Å². The lowest BCUT2D eigenvalue weighted by molar-refractivity contribution is -0.155. The molecule has 5 saturated carbocycles. The second kappa shape index (κ2) is 14.6. The third-order valence-corrected chi connectivity index (χ3v) is 13.2. The molecule has 0 amide bonds. The number of carbonyl (C=O) groups excluding carboxylic acids is 1. The Bertz CT molecular complexity index is 895. The van der Waals surface area contributed by atoms with E-state index in [0.717, 1.165) is 42.9 Å². The van der Waals surface area contributed by atoms with Crippen LogP contribution in [0.15, 0.2) is 0 Å². The standard InChI is InChI=1S/C38H67N3O3/c1-24(23-38(2,3)4)19-34(43)44-31-17-18-32(33(42)22-31)37-40-35(29-15-13-25-9-5-7-11-27(25)20-29)39-36(41-37)30-16-14-26-10-6-8-12-28(26)21-30/h24-33,35-37,39-42H,5-23H2,1-4H3. The maximum atomic E-state index is 12.8. The summed E-state index contributed by atoms with van der Waals surface area (Å²) in [6.07, 6.45) is 23.6. The molecule has 252 valence electrons. The molecule has 0 aromatic carbocycles. The Morgan fingerprint density at radius 1 is 0.682 bits per heavy atom. The second-order valence-electron chi connectivity index (χ2n) is 17.9. The number of ether oxygens (including phenoxy) is 1. The molecule has 12 atom stereocenters. The van der Waals surface area contributed by atoms with Crippen molar-refractivity contribution in [3.8, 4) is 0 Å². The van der Waals surface area contributed by atoms with Crippen LogP contribution in [0.25, 0.3) is 0 Å². The number of aliphatic hydroxyl groups is 1. The molecule has 5 aliphatic carbocycles. The zero-order chi connectivity index (χ0) is 30.8. The molecule has 1 heterocycles. The minimum absolute atomic E-state index is 0.0905. The number of fused-ring (bicyclic) bond motifs is 2. The quantitative estimate of drug-likeness (QED) is 0.223. The Balaban J connectivity index is 1.09. The third kappa shape index (κ3) is 8.42. The molecule has 0 bridgehead atoms. The van der Waals surface area contributed by atoms with E-state index in [1.165, 1.54) is 89.9 Å². The van der Waals surface area contributed by atoms with Crippen LogP contribution in [0.4, 0.5) is 0 Å². The van der Waals surface area contributed by atoms with Crippen molar-refractivity contribution in [3.05, 3.63) is 0 Å². The average molecular weight is 614 g/mol. The molecule has 0 spiro atoms. The maximum Gasteiger partial charge on any atom is 0.306 e. The minimum atomic E-state index is -0.457. The van der Waals surface area contributed by atoms with Crippen LogP contribution in [0.3, 0.4) is 0 Å². The first-order chi connectivity index (χ1) is 21.1. The number of carbonyl (C=O) groups is 1. The fraction of sp³-hybridized carbons (Fsp3) is 0.974. The summed E-state index contributed by atoms with van der Waals surface area (Å²) in [6.45, 7) is 8.84. The summed E-state index contributed by atoms with van der Waals surface area (Å²) >= 11 is 0. The molecule has 0 radical (unpaired) electrons. The molecule has 1 saturated heterocycles. The lowest BCUT2D eigenvalue weighted by Crippen LogP contribution is -2.73. The van der Waals surface area contributed by atoms with Crippen molar-refractivity contribution in [2.75, 3.05) is 0 Å². The number of aliphatic hydroxyl groups excluding tert-OH is 1. The van der Waals surface area contributed by atoms with Crippen LogP contribution >= 0.6 is 0 Å². The van der Waals surface area contributed by atoms with Gasteiger partial charge in [-0.05, 0) is 105 Å². The van der Waals surface area contributed by atoms with Crippen LogP contribution in [0.5, 0.6) is 0 Å². The van der Waals surface area contributed by atoms with E-state index in [1.807, 2.05) is 0 Å². The van der Waals surface area contributed by atoms with Gasteiger partial charge in [-0.1, -0.05) is 79.1 Å². The largest absolute Gasteiger partial charge is 0.462 e. The van der Waals surface area contributed by atoms with Gasteiger partial charge in [0.05, 0.1) is 24.6 Å². The highest BCUT2D eigenvalue weighted by molar-refractivity contribution is 5.69. The predicted molar refractivity (Wildman–Crippen MR) is 177 cm³/mol. The third-order valence-electron chi connectivity index (χ3n) is 13.2. The Labute approximate surface area is 269 Å². The van der Waals surface area contributed by atoms with Gasteiger partial charge in [-0.3, -0.25) is 20.7 Å². The molecule has 0 aromatic heterocycles. The van der Waals surface area contributed by atoms with Gasteiger partial charge in [0.25, 0.3) is 0 Å². The Kier molecular flexibility index (Phi) is 11.0. The lowest BCUT2D eigenvalue weighted by atomic mass is 9.66. The molecule has 6 fully saturated rings. The molecule has 4 N–H and O–H groups in total. The summed E-state index contributed by atoms with van der Waals surface area (Å²) in [5.74, 6) is 5.48. The van der Waals surface area contributed by atoms with Gasteiger partial charge in [0, 0.05) is 18.8 Å². The summed E-state index contributed by atoms with van der Waals surface area (Å²) in [5, 5.41) is 23.8. The second-order valence-corrected chi connectivity index (χ2v) is 17.9. The van der Waals surface area contributed by atoms with Crippen molar-refractivity contribution < 1.29 is 14.6 Å². The zero-order valence-electron chi connectivity index (χ0n) is 28.7. The number of nitrogens with one attached hydrogen (secondary N) is 3. The number of esters is 1. The smallest absolute Gasteiger partial charge is 0.306 e. The monoisotopic (exact) mass is 614 g/mol. The molecule has 44 heavy (non-hydrogen) atoms. The zero-order valence-corrected chi connectivity index (χ0v) is 28.7. The lowest BCUT2D eigenvalue weighted by Gasteiger charge is -2.52. The van der Waals surface area contributed by atoms with E-state index in [1.54, 1.807) is 0 Å². The van der Waals surface area contributed by atoms with Crippen LogP contribution in [0, 0.1) is 52.8 Å². The van der Waals surface area contributed by atoms with Crippen molar-refractivity contribution in [2.45, 2.75) is 180 Å². The van der Waals surface area contributed by atoms with Gasteiger partial charge in [0.15, 0.2) is 0 Å². The van der Waals surface area contributed by atoms with Crippen LogP contribution in [-0.2, 0) is 9.53 Å². The van der Waals surface area contributed by atoms with Crippen LogP contribution in [0.2, 0.25) is 0 Å². The fourth-order valence-electron chi connectivity index (χ4n) is 11.2. The molecule has 6 aliphatic rings. The van der Waals surface area contributed by atoms with Gasteiger partial charge in [-0.2, -0.15) is 0 Å². The first-order valence-corrected chi connectivity index (χ1v) is 19.3. The van der Waals surface area contributed by atoms with Crippen molar-refractivity contribution in [3.63, 3.8) is 0 Å². The summed E-state index contributed by atoms with van der Waals surface area (Å²) < 4.78 is 5.96. The normalized spacial score (nSPS) is 44.2. The van der Waals surface area contributed by atoms with E-state index in [2.05, 4.69) is 43.6 Å². The molecule has 0 aromatic rings. The van der Waals surface area contributed by atoms with Gasteiger partial charge in [-0.15, -0.1) is 0 Å². The molecule has 1 aliphatic heterocycles. The van der Waals surface area contributed by atoms with Crippen molar-refractivity contribution in [2.24, 2.45) is 52.8 Å². The summed E-state index contributed by atoms with van der Waals surface area (Å²) in [7, 11) is 0. The Hall–Kier alpha value is -0.690. The van der Waals surface area contributed by atoms with Gasteiger partial charge in [0.2, 0.25) is 0 Å². The topological polar surface area (TPSA) is 82.6 Å². The molecular formula is C38H67N3O3. The summed E-state index contributed by atoms with van der Waals surface area (Å²) in [5.41, 5.74) is 0.212. The van der Waals surface area contributed by atoms with Crippen LogP contribution in [-0.4, -0.2) is 41.8 Å². The van der Waals surface area contributed by atoms with Crippen LogP contribution < -0.4 is 16.0 Å². The van der Waals surface area contributed by atoms with Crippen molar-refractivity contribution in [1.82, 2.24) is 16.0 Å². The highest BCUT2D eigenvalue weighted by Gasteiger charge is 2.46. The van der Waals surface area contributed by atoms with Gasteiger partial charge in [-0.25, -0.2) is 0 Å². The highest BCUT2D eigenvalue weighted by Crippen LogP contribution is 2.46. The van der Waals surface area contributed by atoms with E-state index < -0.39 is 6.10 Å². The summed E-state index contributed by atoms with van der Waals surface area (Å²) in [4.78, 5) is 12.8. The SMILES string of the molecule is CC(CC(=O)OC1CCC(C2NC(C3CCC4CCCCC4C3)NC(C3CCC4CCCCC4C3)N2)C(O)C1)CC(C)(C)C. The van der Waals surface area contributed by atoms with E-state index >= 15 is 0 Å². The molecule has 12 unspecified atom stereocenters. The van der Waals surface area contributed by atoms with Crippen molar-refractivity contribution >= 4 is 5.97 Å². The minimum Gasteiger partial charge on any atom is -0.462 e. The highest BCUT2D eigenvalue weighted by atomic mass is 16.5. The summed E-state index contributed by atoms with van der Waals surface area (Å²) in [6, 6.07) is 0. The Morgan fingerprint density at radius 3 is 1.70 bits per heavy atom. The Morgan fingerprint density at radius 2 is 1.18 bits per heavy atom. The number of rotatable bonds is 7. The van der Waals surface area contributed by atoms with E-state index in [0.29, 0.717) is 42.9 Å². The molecule has 6 heteroatoms. The van der Waals surface area contributed by atoms with Gasteiger partial charge >= 0.3 is 5.97 Å². The van der Waals surface area contributed by atoms with E-state index in [-0.39, 0.29) is 29.6 Å². The fourth-order valence-corrected chi connectivity index (χ4v) is 11.2. The number of hydrogen-bond acceptors (Lipinski definition) is 6. The molecule has 6 nitrogen and oxygen atoms in total. The maximum absolute atomic E-state index is 12.8. The molecular weight excluding hydrogens is 546 g/mol. The van der Waals surface area contributed by atoms with Crippen molar-refractivity contribution in [1.29, 1.82) is 0 Å². The van der Waals surface area contributed by atoms with Gasteiger partial charge < -0.3 is 9.84 Å². The average Bonchev–Trinajstić information content (AvgIpc) is 2.99. The molecule has 6 rings (SSSR count). The number of hydrogen-bond donors (Lipinski definition) is 4. The first kappa shape index (κ1) is 33.2. The van der Waals surface area contributed by atoms with E-state index in [9.17, 15) is 9.90 Å². The van der Waals surface area contributed by atoms with E-state index in [4.69, 9.17) is 4.74 Å². The first-order valence-electron chi connectivity index (χ1n) is 19.3.